The number of rotatable bonds is 4. The molecular weight excluding hydrogens is 250 g/mol. The number of aliphatic hydroxyl groups excluding tert-OH is 1. The Morgan fingerprint density at radius 1 is 1.30 bits per heavy atom. The van der Waals surface area contributed by atoms with Crippen molar-refractivity contribution in [2.24, 2.45) is 0 Å². The lowest BCUT2D eigenvalue weighted by atomic mass is 9.94. The summed E-state index contributed by atoms with van der Waals surface area (Å²) in [7, 11) is 1.66. The molecule has 0 bridgehead atoms. The molecular formula is C17H19NO2. The number of hydrogen-bond acceptors (Lipinski definition) is 3. The zero-order valence-corrected chi connectivity index (χ0v) is 11.6. The standard InChI is InChI=1S/C17H19NO2/c1-20-14-7-4-12(5-8-14)11-16(19)15-9-6-13-3-2-10-18-17(13)15/h2-5,7-8,10,15-16,19H,6,9,11H2,1H3. The van der Waals surface area contributed by atoms with Crippen molar-refractivity contribution >= 4 is 0 Å². The Bertz CT molecular complexity index is 580. The van der Waals surface area contributed by atoms with Crippen LogP contribution in [0.3, 0.4) is 0 Å². The van der Waals surface area contributed by atoms with Crippen LogP contribution < -0.4 is 4.74 Å². The molecule has 0 saturated heterocycles. The number of pyridine rings is 1. The van der Waals surface area contributed by atoms with Crippen molar-refractivity contribution in [2.45, 2.75) is 31.3 Å². The fourth-order valence-corrected chi connectivity index (χ4v) is 2.96. The fourth-order valence-electron chi connectivity index (χ4n) is 2.96. The minimum absolute atomic E-state index is 0.160. The minimum Gasteiger partial charge on any atom is -0.497 e. The summed E-state index contributed by atoms with van der Waals surface area (Å²) in [6.07, 6.45) is 4.11. The summed E-state index contributed by atoms with van der Waals surface area (Å²) in [6.45, 7) is 0. The van der Waals surface area contributed by atoms with Crippen LogP contribution in [0.1, 0.15) is 29.2 Å². The third kappa shape index (κ3) is 2.54. The first kappa shape index (κ1) is 13.1. The quantitative estimate of drug-likeness (QED) is 0.928. The van der Waals surface area contributed by atoms with Gasteiger partial charge in [0.25, 0.3) is 0 Å². The lowest BCUT2D eigenvalue weighted by Gasteiger charge is -2.18. The minimum atomic E-state index is -0.375. The van der Waals surface area contributed by atoms with E-state index in [9.17, 15) is 5.11 Å². The highest BCUT2D eigenvalue weighted by Crippen LogP contribution is 2.34. The SMILES string of the molecule is COc1ccc(CC(O)C2CCc3cccnc32)cc1. The van der Waals surface area contributed by atoms with Gasteiger partial charge in [-0.1, -0.05) is 18.2 Å². The summed E-state index contributed by atoms with van der Waals surface area (Å²) in [6, 6.07) is 12.0. The normalized spacial score (nSPS) is 18.6. The Hall–Kier alpha value is -1.87. The predicted molar refractivity (Wildman–Crippen MR) is 78.0 cm³/mol. The average molecular weight is 269 g/mol. The number of aryl methyl sites for hydroxylation is 1. The molecule has 2 unspecified atom stereocenters. The first-order chi connectivity index (χ1) is 9.78. The maximum atomic E-state index is 10.5. The molecule has 0 fully saturated rings. The van der Waals surface area contributed by atoms with E-state index in [1.54, 1.807) is 7.11 Å². The van der Waals surface area contributed by atoms with Crippen LogP contribution in [0.25, 0.3) is 0 Å². The van der Waals surface area contributed by atoms with Gasteiger partial charge in [-0.05, 0) is 48.6 Å². The number of ether oxygens (including phenoxy) is 1. The van der Waals surface area contributed by atoms with Gasteiger partial charge >= 0.3 is 0 Å². The summed E-state index contributed by atoms with van der Waals surface area (Å²) in [4.78, 5) is 4.45. The Kier molecular flexibility index (Phi) is 3.70. The van der Waals surface area contributed by atoms with E-state index in [-0.39, 0.29) is 12.0 Å². The summed E-state index contributed by atoms with van der Waals surface area (Å²) in [5, 5.41) is 10.5. The monoisotopic (exact) mass is 269 g/mol. The van der Waals surface area contributed by atoms with E-state index in [1.807, 2.05) is 36.5 Å². The molecule has 1 aromatic carbocycles. The molecule has 3 rings (SSSR count). The summed E-state index contributed by atoms with van der Waals surface area (Å²) < 4.78 is 5.15. The number of fused-ring (bicyclic) bond motifs is 1. The lowest BCUT2D eigenvalue weighted by molar-refractivity contribution is 0.141. The van der Waals surface area contributed by atoms with Gasteiger partial charge in [0.05, 0.1) is 13.2 Å². The van der Waals surface area contributed by atoms with Crippen LogP contribution in [-0.2, 0) is 12.8 Å². The molecule has 20 heavy (non-hydrogen) atoms. The van der Waals surface area contributed by atoms with E-state index in [4.69, 9.17) is 4.74 Å². The molecule has 1 aliphatic carbocycles. The number of benzene rings is 1. The van der Waals surface area contributed by atoms with Crippen LogP contribution in [0.4, 0.5) is 0 Å². The number of hydrogen-bond donors (Lipinski definition) is 1. The van der Waals surface area contributed by atoms with Gasteiger partial charge < -0.3 is 9.84 Å². The largest absolute Gasteiger partial charge is 0.497 e. The van der Waals surface area contributed by atoms with Crippen molar-refractivity contribution in [1.29, 1.82) is 0 Å². The number of nitrogens with zero attached hydrogens (tertiary/aromatic N) is 1. The molecule has 1 N–H and O–H groups in total. The maximum Gasteiger partial charge on any atom is 0.118 e. The van der Waals surface area contributed by atoms with Gasteiger partial charge in [0.15, 0.2) is 0 Å². The third-order valence-corrected chi connectivity index (χ3v) is 4.07. The zero-order chi connectivity index (χ0) is 13.9. The highest BCUT2D eigenvalue weighted by molar-refractivity contribution is 5.31. The molecule has 3 heteroatoms. The maximum absolute atomic E-state index is 10.5. The Balaban J connectivity index is 1.72. The lowest BCUT2D eigenvalue weighted by Crippen LogP contribution is -2.20. The van der Waals surface area contributed by atoms with Crippen molar-refractivity contribution in [3.63, 3.8) is 0 Å². The van der Waals surface area contributed by atoms with Gasteiger partial charge in [-0.15, -0.1) is 0 Å². The molecule has 1 heterocycles. The van der Waals surface area contributed by atoms with Gasteiger partial charge in [-0.2, -0.15) is 0 Å². The van der Waals surface area contributed by atoms with Crippen LogP contribution in [0.5, 0.6) is 5.75 Å². The van der Waals surface area contributed by atoms with Crippen LogP contribution in [0, 0.1) is 0 Å². The van der Waals surface area contributed by atoms with Crippen LogP contribution >= 0.6 is 0 Å². The second kappa shape index (κ2) is 5.63. The Labute approximate surface area is 119 Å². The van der Waals surface area contributed by atoms with Crippen molar-refractivity contribution in [3.8, 4) is 5.75 Å². The topological polar surface area (TPSA) is 42.4 Å². The first-order valence-corrected chi connectivity index (χ1v) is 7.02. The smallest absolute Gasteiger partial charge is 0.118 e. The number of aromatic nitrogens is 1. The van der Waals surface area contributed by atoms with E-state index < -0.39 is 0 Å². The molecule has 3 nitrogen and oxygen atoms in total. The number of methoxy groups -OCH3 is 1. The van der Waals surface area contributed by atoms with Gasteiger partial charge in [-0.3, -0.25) is 4.98 Å². The van der Waals surface area contributed by atoms with Crippen LogP contribution in [0.2, 0.25) is 0 Å². The summed E-state index contributed by atoms with van der Waals surface area (Å²) in [5.41, 5.74) is 3.49. The molecule has 2 aromatic rings. The van der Waals surface area contributed by atoms with Crippen molar-refractivity contribution in [3.05, 3.63) is 59.4 Å². The number of aliphatic hydroxyl groups is 1. The average Bonchev–Trinajstić information content (AvgIpc) is 2.92. The van der Waals surface area contributed by atoms with Crippen molar-refractivity contribution in [2.75, 3.05) is 7.11 Å². The third-order valence-electron chi connectivity index (χ3n) is 4.07. The zero-order valence-electron chi connectivity index (χ0n) is 11.6. The van der Waals surface area contributed by atoms with E-state index in [2.05, 4.69) is 11.1 Å². The molecule has 0 amide bonds. The summed E-state index contributed by atoms with van der Waals surface area (Å²) >= 11 is 0. The molecule has 2 atom stereocenters. The first-order valence-electron chi connectivity index (χ1n) is 7.02. The Morgan fingerprint density at radius 2 is 2.10 bits per heavy atom. The fraction of sp³-hybridized carbons (Fsp3) is 0.353. The van der Waals surface area contributed by atoms with E-state index in [0.29, 0.717) is 6.42 Å². The van der Waals surface area contributed by atoms with Gasteiger partial charge in [0, 0.05) is 17.8 Å². The molecule has 104 valence electrons. The Morgan fingerprint density at radius 3 is 2.85 bits per heavy atom. The second-order valence-corrected chi connectivity index (χ2v) is 5.31. The molecule has 0 radical (unpaired) electrons. The predicted octanol–water partition coefficient (Wildman–Crippen LogP) is 2.72. The molecule has 1 aliphatic rings. The van der Waals surface area contributed by atoms with Gasteiger partial charge in [0.2, 0.25) is 0 Å². The van der Waals surface area contributed by atoms with E-state index >= 15 is 0 Å². The molecule has 0 saturated carbocycles. The second-order valence-electron chi connectivity index (χ2n) is 5.31. The highest BCUT2D eigenvalue weighted by Gasteiger charge is 2.29. The molecule has 0 aliphatic heterocycles. The highest BCUT2D eigenvalue weighted by atomic mass is 16.5. The summed E-state index contributed by atoms with van der Waals surface area (Å²) in [5.74, 6) is 1.00. The molecule has 0 spiro atoms. The van der Waals surface area contributed by atoms with E-state index in [1.165, 1.54) is 5.56 Å². The van der Waals surface area contributed by atoms with Gasteiger partial charge in [0.1, 0.15) is 5.75 Å². The van der Waals surface area contributed by atoms with Crippen LogP contribution in [0.15, 0.2) is 42.6 Å². The van der Waals surface area contributed by atoms with E-state index in [0.717, 1.165) is 29.8 Å². The van der Waals surface area contributed by atoms with Crippen molar-refractivity contribution in [1.82, 2.24) is 4.98 Å². The molecule has 1 aromatic heterocycles. The van der Waals surface area contributed by atoms with Crippen LogP contribution in [-0.4, -0.2) is 23.3 Å². The van der Waals surface area contributed by atoms with Crippen molar-refractivity contribution < 1.29 is 9.84 Å². The van der Waals surface area contributed by atoms with Gasteiger partial charge in [-0.25, -0.2) is 0 Å².